The molecule has 0 saturated heterocycles. The lowest BCUT2D eigenvalue weighted by atomic mass is 10.1. The van der Waals surface area contributed by atoms with E-state index in [1.165, 1.54) is 6.07 Å². The molecule has 1 heterocycles. The molecular weight excluding hydrogens is 287 g/mol. The monoisotopic (exact) mass is 298 g/mol. The van der Waals surface area contributed by atoms with Crippen molar-refractivity contribution >= 4 is 22.5 Å². The number of hydrogen-bond donors (Lipinski definition) is 0. The van der Waals surface area contributed by atoms with Gasteiger partial charge in [0.2, 0.25) is 0 Å². The van der Waals surface area contributed by atoms with Crippen molar-refractivity contribution in [3.8, 4) is 6.07 Å². The molecule has 21 heavy (non-hydrogen) atoms. The van der Waals surface area contributed by atoms with Gasteiger partial charge in [-0.1, -0.05) is 53.6 Å². The fourth-order valence-corrected chi connectivity index (χ4v) is 2.75. The van der Waals surface area contributed by atoms with Gasteiger partial charge in [-0.2, -0.15) is 5.26 Å². The number of aromatic nitrogens is 1. The van der Waals surface area contributed by atoms with Crippen molar-refractivity contribution in [3.05, 3.63) is 70.1 Å². The fraction of sp³-hybridized carbons (Fsp3) is 0.118. The van der Waals surface area contributed by atoms with Crippen LogP contribution in [0.1, 0.15) is 16.7 Å². The van der Waals surface area contributed by atoms with Crippen molar-refractivity contribution in [2.24, 2.45) is 0 Å². The Morgan fingerprint density at radius 3 is 2.57 bits per heavy atom. The summed E-state index contributed by atoms with van der Waals surface area (Å²) < 4.78 is 15.8. The van der Waals surface area contributed by atoms with Crippen LogP contribution in [0, 0.1) is 24.1 Å². The Kier molecular flexibility index (Phi) is 3.40. The average Bonchev–Trinajstić information content (AvgIpc) is 2.75. The van der Waals surface area contributed by atoms with E-state index in [2.05, 4.69) is 6.07 Å². The summed E-state index contributed by atoms with van der Waals surface area (Å²) in [5.74, 6) is -0.372. The second-order valence-electron chi connectivity index (χ2n) is 4.99. The number of hydrogen-bond acceptors (Lipinski definition) is 1. The van der Waals surface area contributed by atoms with Gasteiger partial charge < -0.3 is 4.57 Å². The largest absolute Gasteiger partial charge is 0.324 e. The van der Waals surface area contributed by atoms with E-state index < -0.39 is 0 Å². The van der Waals surface area contributed by atoms with Gasteiger partial charge in [0.25, 0.3) is 0 Å². The second kappa shape index (κ2) is 5.23. The maximum absolute atomic E-state index is 14.2. The zero-order valence-electron chi connectivity index (χ0n) is 11.4. The third kappa shape index (κ3) is 2.28. The Morgan fingerprint density at radius 1 is 1.19 bits per heavy atom. The molecule has 3 aromatic rings. The van der Waals surface area contributed by atoms with Gasteiger partial charge in [0.1, 0.15) is 17.0 Å². The number of rotatable bonds is 2. The molecule has 0 bridgehead atoms. The minimum Gasteiger partial charge on any atom is -0.324 e. The van der Waals surface area contributed by atoms with Crippen LogP contribution in [0.3, 0.4) is 0 Å². The summed E-state index contributed by atoms with van der Waals surface area (Å²) in [6.07, 6.45) is 0. The zero-order chi connectivity index (χ0) is 15.0. The highest BCUT2D eigenvalue weighted by Crippen LogP contribution is 2.31. The number of fused-ring (bicyclic) bond motifs is 1. The molecule has 104 valence electrons. The highest BCUT2D eigenvalue weighted by atomic mass is 35.5. The minimum atomic E-state index is -0.372. The van der Waals surface area contributed by atoms with E-state index in [-0.39, 0.29) is 11.0 Å². The maximum atomic E-state index is 14.2. The molecule has 4 heteroatoms. The Morgan fingerprint density at radius 2 is 1.90 bits per heavy atom. The van der Waals surface area contributed by atoms with E-state index in [0.717, 1.165) is 11.1 Å². The molecule has 0 spiro atoms. The quantitative estimate of drug-likeness (QED) is 0.676. The lowest BCUT2D eigenvalue weighted by Gasteiger charge is -2.08. The second-order valence-corrected chi connectivity index (χ2v) is 5.34. The van der Waals surface area contributed by atoms with Gasteiger partial charge in [-0.05, 0) is 18.6 Å². The van der Waals surface area contributed by atoms with Gasteiger partial charge in [0.15, 0.2) is 0 Å². The summed E-state index contributed by atoms with van der Waals surface area (Å²) in [6.45, 7) is 2.44. The molecule has 1 aromatic heterocycles. The standard InChI is InChI=1S/C17H12ClFN2/c1-11-5-7-12(8-6-11)10-21-16-13(3-2-4-15(16)19)14(9-20)17(21)18/h2-8H,10H2,1H3. The molecular formula is C17H12ClFN2. The zero-order valence-corrected chi connectivity index (χ0v) is 12.2. The normalized spacial score (nSPS) is 10.8. The van der Waals surface area contributed by atoms with Crippen LogP contribution in [0.5, 0.6) is 0 Å². The highest BCUT2D eigenvalue weighted by molar-refractivity contribution is 6.32. The molecule has 0 unspecified atom stereocenters. The van der Waals surface area contributed by atoms with Crippen LogP contribution in [0.15, 0.2) is 42.5 Å². The van der Waals surface area contributed by atoms with Crippen molar-refractivity contribution in [2.75, 3.05) is 0 Å². The van der Waals surface area contributed by atoms with Gasteiger partial charge in [-0.15, -0.1) is 0 Å². The molecule has 2 aromatic carbocycles. The first-order chi connectivity index (χ1) is 10.1. The van der Waals surface area contributed by atoms with Crippen LogP contribution in [-0.4, -0.2) is 4.57 Å². The predicted molar refractivity (Wildman–Crippen MR) is 81.9 cm³/mol. The first-order valence-electron chi connectivity index (χ1n) is 6.53. The summed E-state index contributed by atoms with van der Waals surface area (Å²) in [5, 5.41) is 10.1. The van der Waals surface area contributed by atoms with E-state index in [9.17, 15) is 9.65 Å². The number of halogens is 2. The van der Waals surface area contributed by atoms with Gasteiger partial charge >= 0.3 is 0 Å². The van der Waals surface area contributed by atoms with Gasteiger partial charge in [-0.25, -0.2) is 4.39 Å². The van der Waals surface area contributed by atoms with E-state index in [4.69, 9.17) is 11.6 Å². The maximum Gasteiger partial charge on any atom is 0.147 e. The lowest BCUT2D eigenvalue weighted by Crippen LogP contribution is -2.01. The van der Waals surface area contributed by atoms with Gasteiger partial charge in [0.05, 0.1) is 11.1 Å². The Labute approximate surface area is 127 Å². The summed E-state index contributed by atoms with van der Waals surface area (Å²) in [5.41, 5.74) is 2.86. The number of para-hydroxylation sites is 1. The predicted octanol–water partition coefficient (Wildman–Crippen LogP) is 4.66. The third-order valence-electron chi connectivity index (χ3n) is 3.54. The molecule has 0 saturated carbocycles. The molecule has 0 atom stereocenters. The first-order valence-corrected chi connectivity index (χ1v) is 6.91. The number of aryl methyl sites for hydroxylation is 1. The molecule has 0 fully saturated rings. The van der Waals surface area contributed by atoms with Gasteiger partial charge in [-0.3, -0.25) is 0 Å². The van der Waals surface area contributed by atoms with Crippen LogP contribution in [0.25, 0.3) is 10.9 Å². The smallest absolute Gasteiger partial charge is 0.147 e. The van der Waals surface area contributed by atoms with Gasteiger partial charge in [0, 0.05) is 11.9 Å². The van der Waals surface area contributed by atoms with E-state index in [0.29, 0.717) is 23.0 Å². The molecule has 0 amide bonds. The van der Waals surface area contributed by atoms with Crippen molar-refractivity contribution in [1.29, 1.82) is 5.26 Å². The Bertz CT molecular complexity index is 857. The van der Waals surface area contributed by atoms with Crippen LogP contribution >= 0.6 is 11.6 Å². The number of benzene rings is 2. The highest BCUT2D eigenvalue weighted by Gasteiger charge is 2.18. The van der Waals surface area contributed by atoms with Crippen molar-refractivity contribution in [2.45, 2.75) is 13.5 Å². The van der Waals surface area contributed by atoms with Crippen LogP contribution < -0.4 is 0 Å². The van der Waals surface area contributed by atoms with Crippen molar-refractivity contribution in [1.82, 2.24) is 4.57 Å². The topological polar surface area (TPSA) is 28.7 Å². The summed E-state index contributed by atoms with van der Waals surface area (Å²) in [6, 6.07) is 14.7. The van der Waals surface area contributed by atoms with E-state index in [1.54, 1.807) is 16.7 Å². The average molecular weight is 299 g/mol. The first kappa shape index (κ1) is 13.7. The fourth-order valence-electron chi connectivity index (χ4n) is 2.47. The number of nitriles is 1. The minimum absolute atomic E-state index is 0.276. The molecule has 0 aliphatic heterocycles. The van der Waals surface area contributed by atoms with E-state index in [1.807, 2.05) is 31.2 Å². The Balaban J connectivity index is 2.20. The van der Waals surface area contributed by atoms with Crippen LogP contribution in [0.4, 0.5) is 4.39 Å². The van der Waals surface area contributed by atoms with E-state index >= 15 is 0 Å². The third-order valence-corrected chi connectivity index (χ3v) is 3.94. The van der Waals surface area contributed by atoms with Crippen molar-refractivity contribution in [3.63, 3.8) is 0 Å². The molecule has 0 radical (unpaired) electrons. The SMILES string of the molecule is Cc1ccc(Cn2c(Cl)c(C#N)c3cccc(F)c32)cc1. The molecule has 0 N–H and O–H groups in total. The van der Waals surface area contributed by atoms with Crippen LogP contribution in [0.2, 0.25) is 5.15 Å². The van der Waals surface area contributed by atoms with Crippen LogP contribution in [-0.2, 0) is 6.54 Å². The number of nitrogens with zero attached hydrogens (tertiary/aromatic N) is 2. The molecule has 0 aliphatic rings. The molecule has 2 nitrogen and oxygen atoms in total. The molecule has 0 aliphatic carbocycles. The summed E-state index contributed by atoms with van der Waals surface area (Å²) in [4.78, 5) is 0. The molecule has 3 rings (SSSR count). The van der Waals surface area contributed by atoms with Crippen molar-refractivity contribution < 1.29 is 4.39 Å². The summed E-state index contributed by atoms with van der Waals surface area (Å²) in [7, 11) is 0. The summed E-state index contributed by atoms with van der Waals surface area (Å²) >= 11 is 6.28. The Hall–Kier alpha value is -2.31. The lowest BCUT2D eigenvalue weighted by molar-refractivity contribution is 0.628.